The van der Waals surface area contributed by atoms with E-state index in [-0.39, 0.29) is 100 Å². The van der Waals surface area contributed by atoms with Crippen molar-refractivity contribution in [2.75, 3.05) is 49.4 Å². The van der Waals surface area contributed by atoms with Crippen LogP contribution in [-0.2, 0) is 88.6 Å². The molecule has 0 bridgehead atoms. The number of allylic oxidation sites excluding steroid dienone is 4. The van der Waals surface area contributed by atoms with Crippen LogP contribution in [0.2, 0.25) is 0 Å². The predicted octanol–water partition coefficient (Wildman–Crippen LogP) is 32.9. The van der Waals surface area contributed by atoms with Crippen LogP contribution in [0.3, 0.4) is 0 Å². The minimum atomic E-state index is -0.0795. The Balaban J connectivity index is -0.000000187. The van der Waals surface area contributed by atoms with E-state index in [2.05, 4.69) is 26.3 Å². The fraction of sp³-hybridized carbons (Fsp3) is 0.882. The molecule has 0 amide bonds. The van der Waals surface area contributed by atoms with Gasteiger partial charge in [-0.15, -0.1) is 49.3 Å². The molecule has 0 fully saturated rings. The first kappa shape index (κ1) is 135. The zero-order chi connectivity index (χ0) is 82.2. The SMILES string of the molecule is C.C.C=CCCCCCCCCCCCCCCCCCCCCC(=O)OCC[S-].C=CCCCCCCCCCCCCCCCCCCCCC(=O)OCC[S-].C=CCCCCCCCCCCCCCCCCCCCCC(=O)OCC[S-].C=CCCCCCCCCCCCCCCCCCCCCC(=O)OCC[S-].S.[Sn+2].[Sn+2]. The number of unbranched alkanes of at least 4 members (excludes halogenated alkanes) is 72. The Labute approximate surface area is 795 Å². The Morgan fingerprint density at radius 3 is 0.350 bits per heavy atom. The van der Waals surface area contributed by atoms with E-state index in [0.717, 1.165) is 51.4 Å². The van der Waals surface area contributed by atoms with Crippen LogP contribution in [0.15, 0.2) is 50.6 Å². The second-order valence-electron chi connectivity index (χ2n) is 32.5. The summed E-state index contributed by atoms with van der Waals surface area (Å²) < 4.78 is 19.9. The summed E-state index contributed by atoms with van der Waals surface area (Å²) in [5.41, 5.74) is 0. The van der Waals surface area contributed by atoms with E-state index in [1.807, 2.05) is 24.3 Å². The Bertz CT molecular complexity index is 1600. The summed E-state index contributed by atoms with van der Waals surface area (Å²) in [5.74, 6) is 1.69. The van der Waals surface area contributed by atoms with Crippen molar-refractivity contribution >= 4 is 136 Å². The molecule has 0 saturated heterocycles. The summed E-state index contributed by atoms with van der Waals surface area (Å²) in [6.07, 6.45) is 113. The summed E-state index contributed by atoms with van der Waals surface area (Å²) in [4.78, 5) is 45.3. The number of hydrogen-bond acceptors (Lipinski definition) is 12. The molecule has 8 nitrogen and oxygen atoms in total. The van der Waals surface area contributed by atoms with Gasteiger partial charge in [0.15, 0.2) is 0 Å². The third-order valence-electron chi connectivity index (χ3n) is 21.5. The first-order valence-electron chi connectivity index (χ1n) is 48.6. The van der Waals surface area contributed by atoms with E-state index in [0.29, 0.717) is 75.1 Å². The third kappa shape index (κ3) is 140. The molecule has 0 N–H and O–H groups in total. The molecule has 0 aliphatic heterocycles. The van der Waals surface area contributed by atoms with Crippen molar-refractivity contribution in [1.29, 1.82) is 0 Å². The normalized spacial score (nSPS) is 10.4. The Morgan fingerprint density at radius 1 is 0.179 bits per heavy atom. The molecule has 15 heteroatoms. The van der Waals surface area contributed by atoms with Crippen LogP contribution in [0.1, 0.15) is 529 Å². The van der Waals surface area contributed by atoms with Gasteiger partial charge in [-0.2, -0.15) is 13.5 Å². The van der Waals surface area contributed by atoms with Crippen LogP contribution in [0.5, 0.6) is 0 Å². The smallest absolute Gasteiger partial charge is 0.789 e. The molecule has 0 aliphatic rings. The molecule has 0 rings (SSSR count). The zero-order valence-electron chi connectivity index (χ0n) is 75.8. The van der Waals surface area contributed by atoms with Crippen LogP contribution in [0.25, 0.3) is 0 Å². The molecule has 0 aromatic carbocycles. The zero-order valence-corrected chi connectivity index (χ0v) is 85.7. The van der Waals surface area contributed by atoms with E-state index in [4.69, 9.17) is 69.5 Å². The fourth-order valence-corrected chi connectivity index (χ4v) is 14.8. The van der Waals surface area contributed by atoms with Crippen LogP contribution in [-0.4, -0.2) is 121 Å². The summed E-state index contributed by atoms with van der Waals surface area (Å²) in [6.45, 7) is 16.7. The number of ether oxygens (including phenoxy) is 4. The van der Waals surface area contributed by atoms with Gasteiger partial charge in [0, 0.05) is 25.7 Å². The number of carbonyl (C=O) groups is 4. The monoisotopic (exact) mass is 1950 g/mol. The van der Waals surface area contributed by atoms with Crippen molar-refractivity contribution < 1.29 is 38.1 Å². The predicted molar refractivity (Wildman–Crippen MR) is 538 cm³/mol. The molecule has 0 unspecified atom stereocenters. The second kappa shape index (κ2) is 132. The number of carbonyl (C=O) groups excluding carboxylic acids is 4. The maximum Gasteiger partial charge on any atom is 2.00 e. The molecule has 0 aromatic rings. The average molecular weight is 1950 g/mol. The molecular formula is C102H198O8S5Sn2. The number of hydrogen-bond donors (Lipinski definition) is 0. The minimum absolute atomic E-state index is 0. The largest absolute Gasteiger partial charge is 2.00 e. The molecule has 0 heterocycles. The van der Waals surface area contributed by atoms with Crippen molar-refractivity contribution in [2.24, 2.45) is 0 Å². The van der Waals surface area contributed by atoms with E-state index in [1.54, 1.807) is 0 Å². The summed E-state index contributed by atoms with van der Waals surface area (Å²) in [5, 5.41) is 0. The maximum absolute atomic E-state index is 11.3. The van der Waals surface area contributed by atoms with Crippen molar-refractivity contribution in [1.82, 2.24) is 0 Å². The molecule has 692 valence electrons. The quantitative estimate of drug-likeness (QED) is 0.0145. The molecule has 0 aromatic heterocycles. The van der Waals surface area contributed by atoms with Crippen molar-refractivity contribution in [2.45, 2.75) is 529 Å². The van der Waals surface area contributed by atoms with Crippen LogP contribution < -0.4 is 0 Å². The van der Waals surface area contributed by atoms with E-state index in [1.165, 1.54) is 437 Å². The van der Waals surface area contributed by atoms with Gasteiger partial charge in [0.2, 0.25) is 0 Å². The Morgan fingerprint density at radius 2 is 0.265 bits per heavy atom. The summed E-state index contributed by atoms with van der Waals surface area (Å²) >= 11 is 19.0. The van der Waals surface area contributed by atoms with Crippen molar-refractivity contribution in [3.63, 3.8) is 0 Å². The van der Waals surface area contributed by atoms with Gasteiger partial charge in [-0.3, -0.25) is 19.2 Å². The number of rotatable bonds is 92. The summed E-state index contributed by atoms with van der Waals surface area (Å²) in [6, 6.07) is 0. The molecule has 0 spiro atoms. The average Bonchev–Trinajstić information content (AvgIpc) is 1.08. The van der Waals surface area contributed by atoms with E-state index < -0.39 is 0 Å². The van der Waals surface area contributed by atoms with Crippen molar-refractivity contribution in [3.8, 4) is 0 Å². The van der Waals surface area contributed by atoms with Crippen LogP contribution in [0.4, 0.5) is 0 Å². The molecule has 0 saturated carbocycles. The van der Waals surface area contributed by atoms with Gasteiger partial charge in [-0.05, 0) is 77.0 Å². The molecule has 0 atom stereocenters. The molecule has 117 heavy (non-hydrogen) atoms. The maximum atomic E-state index is 11.3. The van der Waals surface area contributed by atoms with Gasteiger partial charge < -0.3 is 69.5 Å². The Kier molecular flexibility index (Phi) is 152. The van der Waals surface area contributed by atoms with Gasteiger partial charge in [-0.1, -0.05) is 450 Å². The second-order valence-corrected chi connectivity index (χ2v) is 34.1. The van der Waals surface area contributed by atoms with Gasteiger partial charge in [0.05, 0.1) is 26.4 Å². The van der Waals surface area contributed by atoms with Gasteiger partial charge in [0.1, 0.15) is 0 Å². The topological polar surface area (TPSA) is 105 Å². The molecule has 0 aliphatic carbocycles. The van der Waals surface area contributed by atoms with E-state index >= 15 is 0 Å². The number of esters is 4. The molecule has 4 radical (unpaired) electrons. The van der Waals surface area contributed by atoms with Gasteiger partial charge >= 0.3 is 71.7 Å². The Hall–Kier alpha value is 0.187. The minimum Gasteiger partial charge on any atom is -0.789 e. The van der Waals surface area contributed by atoms with E-state index in [9.17, 15) is 19.2 Å². The molecular weight excluding hydrogens is 1750 g/mol. The first-order valence-corrected chi connectivity index (χ1v) is 50.9. The third-order valence-corrected chi connectivity index (χ3v) is 22.2. The van der Waals surface area contributed by atoms with Gasteiger partial charge in [-0.25, -0.2) is 0 Å². The van der Waals surface area contributed by atoms with Crippen molar-refractivity contribution in [3.05, 3.63) is 50.6 Å². The fourth-order valence-electron chi connectivity index (χ4n) is 14.5. The first-order chi connectivity index (χ1) is 55.2. The van der Waals surface area contributed by atoms with Crippen LogP contribution >= 0.6 is 13.5 Å². The van der Waals surface area contributed by atoms with Crippen LogP contribution in [0, 0.1) is 0 Å². The summed E-state index contributed by atoms with van der Waals surface area (Å²) in [7, 11) is 0. The van der Waals surface area contributed by atoms with Gasteiger partial charge in [0.25, 0.3) is 0 Å². The standard InChI is InChI=1S/4C25H48O2S.2CH4.H2S.2Sn/c4*1-2-3-4-5-6-7-8-9-10-11-12-13-14-15-16-17-18-19-20-21-22-25(26)27-23-24-28;;;;;/h4*2,28H,1,3-24H2;2*1H4;1H2;;/q;;;;;;;2*+2/p-4.